The highest BCUT2D eigenvalue weighted by Crippen LogP contribution is 2.05. The van der Waals surface area contributed by atoms with Gasteiger partial charge in [0.05, 0.1) is 0 Å². The van der Waals surface area contributed by atoms with E-state index in [0.29, 0.717) is 0 Å². The van der Waals surface area contributed by atoms with E-state index in [0.717, 1.165) is 12.0 Å². The van der Waals surface area contributed by atoms with Crippen LogP contribution in [0.5, 0.6) is 0 Å². The maximum Gasteiger partial charge on any atom is -0.00885 e. The number of allylic oxidation sites excluding steroid dienone is 8. The summed E-state index contributed by atoms with van der Waals surface area (Å²) in [7, 11) is 0. The van der Waals surface area contributed by atoms with Crippen molar-refractivity contribution in [2.75, 3.05) is 0 Å². The van der Waals surface area contributed by atoms with Crippen molar-refractivity contribution in [1.82, 2.24) is 0 Å². The molecule has 0 heterocycles. The molecule has 1 rings (SSSR count). The van der Waals surface area contributed by atoms with Crippen LogP contribution in [0.1, 0.15) is 5.56 Å². The van der Waals surface area contributed by atoms with Gasteiger partial charge in [0, 0.05) is 0 Å². The van der Waals surface area contributed by atoms with E-state index in [9.17, 15) is 0 Å². The monoisotopic (exact) mass is 222 g/mol. The molecule has 0 bridgehead atoms. The summed E-state index contributed by atoms with van der Waals surface area (Å²) in [6.07, 6.45) is 14.6. The first kappa shape index (κ1) is 13.0. The van der Waals surface area contributed by atoms with Crippen molar-refractivity contribution in [1.29, 1.82) is 0 Å². The highest BCUT2D eigenvalue weighted by molar-refractivity contribution is 5.33. The Labute approximate surface area is 104 Å². The van der Waals surface area contributed by atoms with Crippen molar-refractivity contribution in [3.63, 3.8) is 0 Å². The van der Waals surface area contributed by atoms with Crippen LogP contribution in [0.2, 0.25) is 0 Å². The molecule has 0 radical (unpaired) electrons. The van der Waals surface area contributed by atoms with Gasteiger partial charge in [-0.05, 0) is 17.6 Å². The lowest BCUT2D eigenvalue weighted by molar-refractivity contribution is 1.26. The minimum absolute atomic E-state index is 0.928. The molecule has 0 aliphatic carbocycles. The third kappa shape index (κ3) is 5.53. The van der Waals surface area contributed by atoms with Gasteiger partial charge < -0.3 is 0 Å². The standard InChI is InChI=1S/C17H18/c1-3-5-6-8-11-16(4-2)14-15-17-12-9-7-10-13-17/h3-14H,1-2,15H2/b6-5-,11-8-,16-14+. The molecule has 0 amide bonds. The minimum atomic E-state index is 0.928. The maximum atomic E-state index is 3.81. The number of hydrogen-bond donors (Lipinski definition) is 0. The Morgan fingerprint density at radius 3 is 2.41 bits per heavy atom. The zero-order chi connectivity index (χ0) is 12.3. The van der Waals surface area contributed by atoms with Crippen LogP contribution in [0.4, 0.5) is 0 Å². The van der Waals surface area contributed by atoms with Gasteiger partial charge in [0.25, 0.3) is 0 Å². The molecular weight excluding hydrogens is 204 g/mol. The molecule has 0 aliphatic heterocycles. The molecular formula is C17H18. The van der Waals surface area contributed by atoms with Gasteiger partial charge in [-0.1, -0.05) is 86.0 Å². The van der Waals surface area contributed by atoms with Crippen molar-refractivity contribution in [2.45, 2.75) is 6.42 Å². The fourth-order valence-corrected chi connectivity index (χ4v) is 1.38. The summed E-state index contributed by atoms with van der Waals surface area (Å²) in [5.41, 5.74) is 2.43. The zero-order valence-corrected chi connectivity index (χ0v) is 10.0. The summed E-state index contributed by atoms with van der Waals surface area (Å²) in [5, 5.41) is 0. The number of hydrogen-bond acceptors (Lipinski definition) is 0. The van der Waals surface area contributed by atoms with E-state index in [1.165, 1.54) is 5.56 Å². The van der Waals surface area contributed by atoms with Crippen LogP contribution in [-0.2, 0) is 6.42 Å². The van der Waals surface area contributed by atoms with Crippen LogP contribution in [-0.4, -0.2) is 0 Å². The number of rotatable bonds is 6. The van der Waals surface area contributed by atoms with E-state index in [4.69, 9.17) is 0 Å². The molecule has 0 aliphatic rings. The molecule has 0 heteroatoms. The quantitative estimate of drug-likeness (QED) is 0.615. The predicted molar refractivity (Wildman–Crippen MR) is 76.9 cm³/mol. The first-order valence-electron chi connectivity index (χ1n) is 5.69. The van der Waals surface area contributed by atoms with Gasteiger partial charge in [-0.2, -0.15) is 0 Å². The fraction of sp³-hybridized carbons (Fsp3) is 0.0588. The van der Waals surface area contributed by atoms with Crippen molar-refractivity contribution in [2.24, 2.45) is 0 Å². The van der Waals surface area contributed by atoms with Crippen LogP contribution < -0.4 is 0 Å². The second kappa shape index (κ2) is 8.12. The zero-order valence-electron chi connectivity index (χ0n) is 10.0. The van der Waals surface area contributed by atoms with E-state index in [-0.39, 0.29) is 0 Å². The van der Waals surface area contributed by atoms with Gasteiger partial charge in [-0.3, -0.25) is 0 Å². The topological polar surface area (TPSA) is 0 Å². The highest BCUT2D eigenvalue weighted by Gasteiger charge is 1.88. The van der Waals surface area contributed by atoms with Crippen molar-refractivity contribution < 1.29 is 0 Å². The average molecular weight is 222 g/mol. The van der Waals surface area contributed by atoms with E-state index in [1.807, 2.05) is 36.4 Å². The molecule has 0 saturated carbocycles. The lowest BCUT2D eigenvalue weighted by Crippen LogP contribution is -1.81. The summed E-state index contributed by atoms with van der Waals surface area (Å²) >= 11 is 0. The summed E-state index contributed by atoms with van der Waals surface area (Å²) in [6, 6.07) is 10.4. The molecule has 0 fully saturated rings. The minimum Gasteiger partial charge on any atom is -0.0991 e. The second-order valence-electron chi connectivity index (χ2n) is 3.58. The molecule has 0 atom stereocenters. The smallest absolute Gasteiger partial charge is 0.00885 e. The molecule has 17 heavy (non-hydrogen) atoms. The molecule has 0 aromatic heterocycles. The first-order chi connectivity index (χ1) is 8.36. The van der Waals surface area contributed by atoms with Crippen molar-refractivity contribution in [3.8, 4) is 0 Å². The number of benzene rings is 1. The Kier molecular flexibility index (Phi) is 6.20. The van der Waals surface area contributed by atoms with E-state index < -0.39 is 0 Å². The van der Waals surface area contributed by atoms with Gasteiger partial charge in [0.1, 0.15) is 0 Å². The first-order valence-corrected chi connectivity index (χ1v) is 5.69. The molecule has 1 aromatic carbocycles. The van der Waals surface area contributed by atoms with Gasteiger partial charge in [0.15, 0.2) is 0 Å². The Hall–Kier alpha value is -2.08. The van der Waals surface area contributed by atoms with E-state index in [1.54, 1.807) is 6.08 Å². The third-order valence-electron chi connectivity index (χ3n) is 2.30. The Morgan fingerprint density at radius 2 is 1.76 bits per heavy atom. The van der Waals surface area contributed by atoms with E-state index in [2.05, 4.69) is 43.5 Å². The van der Waals surface area contributed by atoms with Crippen LogP contribution in [0, 0.1) is 0 Å². The lowest BCUT2D eigenvalue weighted by atomic mass is 10.1. The van der Waals surface area contributed by atoms with Crippen LogP contribution in [0.25, 0.3) is 0 Å². The van der Waals surface area contributed by atoms with Gasteiger partial charge in [-0.25, -0.2) is 0 Å². The normalized spacial score (nSPS) is 12.1. The van der Waals surface area contributed by atoms with Crippen LogP contribution in [0.3, 0.4) is 0 Å². The lowest BCUT2D eigenvalue weighted by Gasteiger charge is -1.96. The molecule has 1 aromatic rings. The highest BCUT2D eigenvalue weighted by atomic mass is 13.9. The fourth-order valence-electron chi connectivity index (χ4n) is 1.38. The molecule has 86 valence electrons. The summed E-state index contributed by atoms with van der Waals surface area (Å²) in [5.74, 6) is 0. The predicted octanol–water partition coefficient (Wildman–Crippen LogP) is 4.64. The Balaban J connectivity index is 2.61. The van der Waals surface area contributed by atoms with Crippen LogP contribution in [0.15, 0.2) is 91.6 Å². The van der Waals surface area contributed by atoms with Gasteiger partial charge in [-0.15, -0.1) is 0 Å². The molecule has 0 spiro atoms. The average Bonchev–Trinajstić information content (AvgIpc) is 2.39. The van der Waals surface area contributed by atoms with Gasteiger partial charge in [0.2, 0.25) is 0 Å². The summed E-state index contributed by atoms with van der Waals surface area (Å²) in [6.45, 7) is 7.43. The van der Waals surface area contributed by atoms with Crippen molar-refractivity contribution in [3.05, 3.63) is 97.2 Å². The largest absolute Gasteiger partial charge is 0.0991 e. The summed E-state index contributed by atoms with van der Waals surface area (Å²) < 4.78 is 0. The Bertz CT molecular complexity index is 430. The SMILES string of the molecule is C=C\C=C/C=C\C(C=C)=C\Cc1ccccc1. The van der Waals surface area contributed by atoms with E-state index >= 15 is 0 Å². The molecule has 0 unspecified atom stereocenters. The molecule has 0 saturated heterocycles. The third-order valence-corrected chi connectivity index (χ3v) is 2.30. The Morgan fingerprint density at radius 1 is 1.00 bits per heavy atom. The maximum absolute atomic E-state index is 3.81. The van der Waals surface area contributed by atoms with Crippen molar-refractivity contribution >= 4 is 0 Å². The van der Waals surface area contributed by atoms with Crippen LogP contribution >= 0.6 is 0 Å². The van der Waals surface area contributed by atoms with Gasteiger partial charge >= 0.3 is 0 Å². The summed E-state index contributed by atoms with van der Waals surface area (Å²) in [4.78, 5) is 0. The second-order valence-corrected chi connectivity index (χ2v) is 3.58. The molecule has 0 nitrogen and oxygen atoms in total. The molecule has 0 N–H and O–H groups in total.